The summed E-state index contributed by atoms with van der Waals surface area (Å²) in [6.07, 6.45) is 2.45. The summed E-state index contributed by atoms with van der Waals surface area (Å²) in [6.45, 7) is 1.47. The maximum atomic E-state index is 13.2. The third-order valence-electron chi connectivity index (χ3n) is 5.50. The molecule has 1 aliphatic rings. The number of fused-ring (bicyclic) bond motifs is 2. The summed E-state index contributed by atoms with van der Waals surface area (Å²) < 4.78 is 3.58. The molecule has 140 valence electrons. The van der Waals surface area contributed by atoms with Crippen LogP contribution in [0.5, 0.6) is 0 Å². The molecule has 2 aromatic heterocycles. The van der Waals surface area contributed by atoms with Crippen LogP contribution in [-0.4, -0.2) is 37.8 Å². The predicted molar refractivity (Wildman–Crippen MR) is 109 cm³/mol. The third kappa shape index (κ3) is 2.73. The molecule has 1 aliphatic heterocycles. The van der Waals surface area contributed by atoms with Crippen LogP contribution in [0.25, 0.3) is 16.7 Å². The number of likely N-dealkylation sites (N-methyl/N-ethyl adjacent to an activating group) is 1. The predicted octanol–water partition coefficient (Wildman–Crippen LogP) is 2.81. The van der Waals surface area contributed by atoms with Gasteiger partial charge in [-0.25, -0.2) is 9.67 Å². The zero-order valence-corrected chi connectivity index (χ0v) is 15.7. The molecule has 3 heterocycles. The maximum Gasteiger partial charge on any atom is 0.264 e. The fourth-order valence-corrected chi connectivity index (χ4v) is 3.94. The van der Waals surface area contributed by atoms with Gasteiger partial charge in [-0.1, -0.05) is 48.5 Å². The van der Waals surface area contributed by atoms with E-state index < -0.39 is 0 Å². The van der Waals surface area contributed by atoms with Crippen molar-refractivity contribution in [1.29, 1.82) is 0 Å². The molecule has 6 nitrogen and oxygen atoms in total. The van der Waals surface area contributed by atoms with Gasteiger partial charge in [0.1, 0.15) is 11.2 Å². The van der Waals surface area contributed by atoms with Gasteiger partial charge in [0.15, 0.2) is 5.65 Å². The molecule has 5 rings (SSSR count). The van der Waals surface area contributed by atoms with E-state index in [-0.39, 0.29) is 11.6 Å². The van der Waals surface area contributed by atoms with Crippen molar-refractivity contribution >= 4 is 11.0 Å². The number of hydrogen-bond acceptors (Lipinski definition) is 4. The first-order valence-corrected chi connectivity index (χ1v) is 9.50. The molecule has 0 saturated carbocycles. The lowest BCUT2D eigenvalue weighted by Gasteiger charge is -2.34. The van der Waals surface area contributed by atoms with E-state index in [2.05, 4.69) is 29.2 Å². The molecule has 4 aromatic rings. The lowest BCUT2D eigenvalue weighted by Crippen LogP contribution is -2.42. The number of hydrogen-bond donors (Lipinski definition) is 0. The van der Waals surface area contributed by atoms with Gasteiger partial charge in [-0.15, -0.1) is 0 Å². The number of benzene rings is 2. The number of para-hydroxylation sites is 1. The van der Waals surface area contributed by atoms with Crippen LogP contribution < -0.4 is 5.56 Å². The van der Waals surface area contributed by atoms with E-state index in [4.69, 9.17) is 4.98 Å². The van der Waals surface area contributed by atoms with Crippen LogP contribution in [-0.2, 0) is 13.0 Å². The summed E-state index contributed by atoms with van der Waals surface area (Å²) in [4.78, 5) is 20.4. The fraction of sp³-hybridized carbons (Fsp3) is 0.227. The molecule has 0 amide bonds. The average Bonchev–Trinajstić information content (AvgIpc) is 3.16. The molecule has 0 radical (unpaired) electrons. The number of aromatic nitrogens is 4. The Balaban J connectivity index is 1.68. The van der Waals surface area contributed by atoms with Crippen LogP contribution in [0.2, 0.25) is 0 Å². The Morgan fingerprint density at radius 1 is 1.00 bits per heavy atom. The van der Waals surface area contributed by atoms with Gasteiger partial charge in [-0.3, -0.25) is 14.3 Å². The van der Waals surface area contributed by atoms with Gasteiger partial charge in [0.05, 0.1) is 17.9 Å². The molecule has 2 aromatic carbocycles. The van der Waals surface area contributed by atoms with Crippen LogP contribution in [0.3, 0.4) is 0 Å². The lowest BCUT2D eigenvalue weighted by molar-refractivity contribution is 0.185. The second-order valence-electron chi connectivity index (χ2n) is 7.24. The topological polar surface area (TPSA) is 56.0 Å². The van der Waals surface area contributed by atoms with E-state index in [9.17, 15) is 4.79 Å². The van der Waals surface area contributed by atoms with Crippen molar-refractivity contribution in [2.75, 3.05) is 13.6 Å². The van der Waals surface area contributed by atoms with Crippen LogP contribution in [0.1, 0.15) is 17.4 Å². The zero-order valence-electron chi connectivity index (χ0n) is 15.7. The van der Waals surface area contributed by atoms with Crippen LogP contribution in [0.15, 0.2) is 71.7 Å². The van der Waals surface area contributed by atoms with E-state index in [1.54, 1.807) is 10.9 Å². The van der Waals surface area contributed by atoms with E-state index in [0.29, 0.717) is 17.6 Å². The summed E-state index contributed by atoms with van der Waals surface area (Å²) in [5, 5.41) is 5.02. The van der Waals surface area contributed by atoms with Crippen LogP contribution >= 0.6 is 0 Å². The largest absolute Gasteiger partial charge is 0.294 e. The van der Waals surface area contributed by atoms with Gasteiger partial charge in [-0.2, -0.15) is 5.10 Å². The van der Waals surface area contributed by atoms with Gasteiger partial charge in [0.25, 0.3) is 5.56 Å². The van der Waals surface area contributed by atoms with E-state index in [0.717, 1.165) is 24.5 Å². The van der Waals surface area contributed by atoms with Gasteiger partial charge in [-0.05, 0) is 31.2 Å². The van der Waals surface area contributed by atoms with Gasteiger partial charge >= 0.3 is 0 Å². The molecular formula is C22H21N5O. The summed E-state index contributed by atoms with van der Waals surface area (Å²) in [5.41, 5.74) is 2.75. The van der Waals surface area contributed by atoms with Crippen molar-refractivity contribution in [2.24, 2.45) is 0 Å². The Bertz CT molecular complexity index is 1180. The lowest BCUT2D eigenvalue weighted by atomic mass is 10.0. The molecule has 0 saturated heterocycles. The minimum Gasteiger partial charge on any atom is -0.294 e. The molecule has 0 spiro atoms. The molecule has 0 N–H and O–H groups in total. The first-order valence-electron chi connectivity index (χ1n) is 9.50. The van der Waals surface area contributed by atoms with E-state index in [1.807, 2.05) is 53.1 Å². The van der Waals surface area contributed by atoms with Crippen LogP contribution in [0.4, 0.5) is 0 Å². The fourth-order valence-electron chi connectivity index (χ4n) is 3.94. The van der Waals surface area contributed by atoms with Gasteiger partial charge in [0.2, 0.25) is 0 Å². The SMILES string of the molecule is CN1CCn2c(nc3c(cnn3-c3ccccc3)c2=O)C1Cc1ccccc1. The van der Waals surface area contributed by atoms with Crippen molar-refractivity contribution in [3.05, 3.63) is 88.6 Å². The summed E-state index contributed by atoms with van der Waals surface area (Å²) in [6, 6.07) is 20.2. The van der Waals surface area contributed by atoms with Crippen molar-refractivity contribution in [1.82, 2.24) is 24.2 Å². The highest BCUT2D eigenvalue weighted by molar-refractivity contribution is 5.75. The Morgan fingerprint density at radius 2 is 1.71 bits per heavy atom. The molecule has 0 bridgehead atoms. The molecule has 1 unspecified atom stereocenters. The van der Waals surface area contributed by atoms with E-state index in [1.165, 1.54) is 5.56 Å². The first-order chi connectivity index (χ1) is 13.7. The smallest absolute Gasteiger partial charge is 0.264 e. The molecule has 0 fully saturated rings. The standard InChI is InChI=1S/C22H21N5O/c1-25-12-13-26-21(19(25)14-16-8-4-2-5-9-16)24-20-18(22(26)28)15-23-27(20)17-10-6-3-7-11-17/h2-11,15,19H,12-14H2,1H3. The highest BCUT2D eigenvalue weighted by atomic mass is 16.1. The normalized spacial score (nSPS) is 17.0. The molecule has 28 heavy (non-hydrogen) atoms. The zero-order chi connectivity index (χ0) is 19.1. The van der Waals surface area contributed by atoms with Crippen molar-refractivity contribution < 1.29 is 0 Å². The van der Waals surface area contributed by atoms with Crippen molar-refractivity contribution in [2.45, 2.75) is 19.0 Å². The number of rotatable bonds is 3. The monoisotopic (exact) mass is 371 g/mol. The van der Waals surface area contributed by atoms with E-state index >= 15 is 0 Å². The Labute approximate surface area is 162 Å². The third-order valence-corrected chi connectivity index (χ3v) is 5.50. The maximum absolute atomic E-state index is 13.2. The Morgan fingerprint density at radius 3 is 2.46 bits per heavy atom. The molecular weight excluding hydrogens is 350 g/mol. The highest BCUT2D eigenvalue weighted by Gasteiger charge is 2.29. The first kappa shape index (κ1) is 16.9. The molecule has 1 atom stereocenters. The molecule has 6 heteroatoms. The van der Waals surface area contributed by atoms with Gasteiger partial charge < -0.3 is 0 Å². The van der Waals surface area contributed by atoms with Crippen molar-refractivity contribution in [3.63, 3.8) is 0 Å². The highest BCUT2D eigenvalue weighted by Crippen LogP contribution is 2.27. The minimum atomic E-state index is -0.00616. The Hall–Kier alpha value is -3.25. The minimum absolute atomic E-state index is 0.00616. The number of nitrogens with zero attached hydrogens (tertiary/aromatic N) is 5. The summed E-state index contributed by atoms with van der Waals surface area (Å²) >= 11 is 0. The summed E-state index contributed by atoms with van der Waals surface area (Å²) in [5.74, 6) is 0.813. The molecule has 0 aliphatic carbocycles. The van der Waals surface area contributed by atoms with Crippen molar-refractivity contribution in [3.8, 4) is 5.69 Å². The second kappa shape index (κ2) is 6.73. The second-order valence-corrected chi connectivity index (χ2v) is 7.24. The summed E-state index contributed by atoms with van der Waals surface area (Å²) in [7, 11) is 2.10. The quantitative estimate of drug-likeness (QED) is 0.556. The van der Waals surface area contributed by atoms with Crippen LogP contribution in [0, 0.1) is 0 Å². The Kier molecular flexibility index (Phi) is 4.06. The van der Waals surface area contributed by atoms with Gasteiger partial charge in [0, 0.05) is 13.1 Å². The average molecular weight is 371 g/mol.